The molecule has 2 heterocycles. The lowest BCUT2D eigenvalue weighted by molar-refractivity contribution is -0.209. The van der Waals surface area contributed by atoms with Crippen LogP contribution in [-0.4, -0.2) is 90.0 Å². The van der Waals surface area contributed by atoms with E-state index in [9.17, 15) is 24.3 Å². The Kier molecular flexibility index (Phi) is 11.1. The van der Waals surface area contributed by atoms with Crippen molar-refractivity contribution in [1.82, 2.24) is 10.6 Å². The summed E-state index contributed by atoms with van der Waals surface area (Å²) in [6.45, 7) is 5.04. The average Bonchev–Trinajstić information content (AvgIpc) is 3.98. The van der Waals surface area contributed by atoms with E-state index in [1.807, 2.05) is 24.3 Å². The fourth-order valence-corrected chi connectivity index (χ4v) is 8.04. The number of esters is 2. The lowest BCUT2D eigenvalue weighted by Crippen LogP contribution is -2.44. The van der Waals surface area contributed by atoms with Crippen molar-refractivity contribution in [2.45, 2.75) is 139 Å². The van der Waals surface area contributed by atoms with E-state index >= 15 is 0 Å². The van der Waals surface area contributed by atoms with Gasteiger partial charge >= 0.3 is 11.9 Å². The number of amides is 2. The Labute approximate surface area is 311 Å². The molecular weight excluding hydrogens is 680 g/mol. The summed E-state index contributed by atoms with van der Waals surface area (Å²) in [5.74, 6) is -1.38. The summed E-state index contributed by atoms with van der Waals surface area (Å²) in [6, 6.07) is 6.78. The molecule has 0 spiro atoms. The predicted octanol–water partition coefficient (Wildman–Crippen LogP) is 4.53. The van der Waals surface area contributed by atoms with Crippen LogP contribution in [0.3, 0.4) is 0 Å². The third kappa shape index (κ3) is 9.39. The van der Waals surface area contributed by atoms with E-state index in [0.29, 0.717) is 29.3 Å². The van der Waals surface area contributed by atoms with Gasteiger partial charge in [0.15, 0.2) is 5.79 Å². The molecule has 5 fully saturated rings. The number of rotatable bonds is 15. The van der Waals surface area contributed by atoms with Crippen molar-refractivity contribution >= 4 is 29.8 Å². The molecule has 53 heavy (non-hydrogen) atoms. The summed E-state index contributed by atoms with van der Waals surface area (Å²) in [6.07, 6.45) is 12.5. The molecule has 7 rings (SSSR count). The molecule has 2 amide bonds. The van der Waals surface area contributed by atoms with Crippen molar-refractivity contribution in [2.75, 3.05) is 13.2 Å². The predicted molar refractivity (Wildman–Crippen MR) is 193 cm³/mol. The fourth-order valence-electron chi connectivity index (χ4n) is 8.04. The number of hydrogen-bond donors (Lipinski definition) is 3. The van der Waals surface area contributed by atoms with Gasteiger partial charge in [0.1, 0.15) is 23.9 Å². The second-order valence-electron chi connectivity index (χ2n) is 16.6. The first kappa shape index (κ1) is 37.7. The van der Waals surface area contributed by atoms with Gasteiger partial charge in [-0.1, -0.05) is 30.4 Å². The third-order valence-corrected chi connectivity index (χ3v) is 11.1. The zero-order chi connectivity index (χ0) is 37.3. The molecule has 1 aromatic rings. The lowest BCUT2D eigenvalue weighted by Gasteiger charge is -2.31. The molecule has 3 unspecified atom stereocenters. The number of ether oxygens (including phenoxy) is 5. The Balaban J connectivity index is 0.978. The van der Waals surface area contributed by atoms with Crippen LogP contribution in [0.2, 0.25) is 0 Å². The zero-order valence-corrected chi connectivity index (χ0v) is 31.1. The van der Waals surface area contributed by atoms with Crippen LogP contribution in [0.1, 0.15) is 107 Å². The number of fused-ring (bicyclic) bond motifs is 2. The normalized spacial score (nSPS) is 29.3. The first-order chi connectivity index (χ1) is 25.4. The van der Waals surface area contributed by atoms with Crippen LogP contribution in [-0.2, 0) is 38.1 Å². The number of epoxide rings is 1. The molecule has 3 saturated carbocycles. The maximum absolute atomic E-state index is 13.9. The molecule has 0 bridgehead atoms. The van der Waals surface area contributed by atoms with Gasteiger partial charge in [0.05, 0.1) is 30.4 Å². The van der Waals surface area contributed by atoms with Crippen LogP contribution in [0, 0.1) is 17.8 Å². The van der Waals surface area contributed by atoms with E-state index in [0.717, 1.165) is 50.5 Å². The Bertz CT molecular complexity index is 1600. The topological polar surface area (TPSA) is 162 Å². The minimum Gasteiger partial charge on any atom is -0.460 e. The highest BCUT2D eigenvalue weighted by Gasteiger charge is 2.64. The van der Waals surface area contributed by atoms with Crippen LogP contribution < -0.4 is 10.6 Å². The molecule has 12 heteroatoms. The van der Waals surface area contributed by atoms with Crippen molar-refractivity contribution in [3.05, 3.63) is 53.1 Å². The SMILES string of the molecule is CC(C)(C)OC(=O)CC[C@@H](CO)NC(=O)CCNC(=O)C1=C[C@H]2OC(C3CC3)(C3CC3)O[C@H]2[C@H](OC(=O)c2ccccc2C=CC2CCC3OC3C2)C1. The fraction of sp³-hybridized carbons (Fsp3) is 0.659. The average molecular weight is 735 g/mol. The van der Waals surface area contributed by atoms with Gasteiger partial charge in [-0.2, -0.15) is 0 Å². The minimum absolute atomic E-state index is 0.0298. The standard InChI is InChI=1S/C41H54N2O10/c1-40(2,3)52-36(46)17-15-29(23-44)43-35(45)18-19-42-38(47)26-21-33(37-34(22-26)51-41(53-37,27-11-12-27)28-13-14-28)50-39(48)30-7-5-4-6-25(30)10-8-24-9-16-31-32(20-24)49-31/h4-8,10,22,24,27-29,31-34,37,44H,9,11-21,23H2,1-3H3,(H,42,47)(H,43,45)/t24?,29-,31?,32?,33+,34+,37-/m0/s1. The lowest BCUT2D eigenvalue weighted by atomic mass is 9.88. The van der Waals surface area contributed by atoms with E-state index in [-0.39, 0.29) is 62.5 Å². The largest absolute Gasteiger partial charge is 0.460 e. The highest BCUT2D eigenvalue weighted by atomic mass is 16.8. The number of benzene rings is 1. The molecule has 4 aliphatic carbocycles. The van der Waals surface area contributed by atoms with Gasteiger partial charge in [-0.3, -0.25) is 14.4 Å². The van der Waals surface area contributed by atoms with E-state index in [1.165, 1.54) is 0 Å². The van der Waals surface area contributed by atoms with Crippen molar-refractivity contribution in [2.24, 2.45) is 17.8 Å². The third-order valence-electron chi connectivity index (χ3n) is 11.1. The Hall–Kier alpha value is -3.58. The van der Waals surface area contributed by atoms with Crippen LogP contribution in [0.15, 0.2) is 42.0 Å². The molecule has 2 saturated heterocycles. The molecule has 288 valence electrons. The highest BCUT2D eigenvalue weighted by molar-refractivity contribution is 5.95. The molecular formula is C41H54N2O10. The van der Waals surface area contributed by atoms with Gasteiger partial charge < -0.3 is 39.4 Å². The first-order valence-corrected chi connectivity index (χ1v) is 19.5. The number of carbonyl (C=O) groups is 4. The van der Waals surface area contributed by atoms with E-state index in [2.05, 4.69) is 16.7 Å². The summed E-state index contributed by atoms with van der Waals surface area (Å²) in [7, 11) is 0. The first-order valence-electron chi connectivity index (χ1n) is 19.5. The smallest absolute Gasteiger partial charge is 0.339 e. The van der Waals surface area contributed by atoms with Gasteiger partial charge in [0.2, 0.25) is 11.8 Å². The summed E-state index contributed by atoms with van der Waals surface area (Å²) >= 11 is 0. The molecule has 0 aromatic heterocycles. The van der Waals surface area contributed by atoms with Crippen LogP contribution in [0.5, 0.6) is 0 Å². The van der Waals surface area contributed by atoms with Crippen molar-refractivity contribution in [1.29, 1.82) is 0 Å². The van der Waals surface area contributed by atoms with Crippen LogP contribution >= 0.6 is 0 Å². The van der Waals surface area contributed by atoms with Crippen LogP contribution in [0.25, 0.3) is 6.08 Å². The van der Waals surface area contributed by atoms with Gasteiger partial charge in [-0.25, -0.2) is 4.79 Å². The van der Waals surface area contributed by atoms with E-state index in [4.69, 9.17) is 23.7 Å². The van der Waals surface area contributed by atoms with Gasteiger partial charge in [-0.05, 0) is 95.8 Å². The second-order valence-corrected chi connectivity index (χ2v) is 16.6. The number of hydrogen-bond acceptors (Lipinski definition) is 10. The molecule has 1 aromatic carbocycles. The van der Waals surface area contributed by atoms with E-state index in [1.54, 1.807) is 32.9 Å². The molecule has 2 aliphatic heterocycles. The highest BCUT2D eigenvalue weighted by Crippen LogP contribution is 2.59. The van der Waals surface area contributed by atoms with Crippen molar-refractivity contribution < 1.29 is 48.0 Å². The number of aliphatic hydroxyl groups excluding tert-OH is 1. The molecule has 6 aliphatic rings. The summed E-state index contributed by atoms with van der Waals surface area (Å²) < 4.78 is 30.7. The van der Waals surface area contributed by atoms with Crippen molar-refractivity contribution in [3.8, 4) is 0 Å². The van der Waals surface area contributed by atoms with Crippen LogP contribution in [0.4, 0.5) is 0 Å². The summed E-state index contributed by atoms with van der Waals surface area (Å²) in [5, 5.41) is 15.3. The van der Waals surface area contributed by atoms with Gasteiger partial charge in [0, 0.05) is 43.2 Å². The maximum Gasteiger partial charge on any atom is 0.339 e. The molecule has 12 nitrogen and oxygen atoms in total. The minimum atomic E-state index is -0.754. The Morgan fingerprint density at radius 2 is 1.75 bits per heavy atom. The summed E-state index contributed by atoms with van der Waals surface area (Å²) in [5.41, 5.74) is 1.01. The molecule has 0 radical (unpaired) electrons. The van der Waals surface area contributed by atoms with Gasteiger partial charge in [-0.15, -0.1) is 0 Å². The number of carbonyl (C=O) groups excluding carboxylic acids is 4. The number of allylic oxidation sites excluding steroid dienone is 1. The Morgan fingerprint density at radius 1 is 1.00 bits per heavy atom. The Morgan fingerprint density at radius 3 is 2.45 bits per heavy atom. The number of aliphatic hydroxyl groups is 1. The van der Waals surface area contributed by atoms with Gasteiger partial charge in [0.25, 0.3) is 0 Å². The van der Waals surface area contributed by atoms with E-state index < -0.39 is 47.7 Å². The molecule has 3 N–H and O–H groups in total. The zero-order valence-electron chi connectivity index (χ0n) is 31.1. The maximum atomic E-state index is 13.9. The molecule has 7 atom stereocenters. The monoisotopic (exact) mass is 734 g/mol. The van der Waals surface area contributed by atoms with Crippen molar-refractivity contribution in [3.63, 3.8) is 0 Å². The second kappa shape index (κ2) is 15.6. The quantitative estimate of drug-likeness (QED) is 0.173. The number of nitrogens with one attached hydrogen (secondary N) is 2. The summed E-state index contributed by atoms with van der Waals surface area (Å²) in [4.78, 5) is 52.2.